The van der Waals surface area contributed by atoms with Crippen LogP contribution in [0.25, 0.3) is 0 Å². The standard InChI is InChI=1S/C2H8O7P2.4K.4H/c1-2(3,10(4,5)6)11(7,8)9;;;;;;;;/h3H,1H3,(H2,4,5,6)(H2,7,8,9);;;;;;;;/q;4*+1;4*-1. The van der Waals surface area contributed by atoms with Gasteiger partial charge < -0.3 is 30.4 Å². The molecule has 0 aromatic heterocycles. The minimum Gasteiger partial charge on any atom is -1.00 e. The fourth-order valence-corrected chi connectivity index (χ4v) is 1.53. The van der Waals surface area contributed by atoms with Gasteiger partial charge in [0.2, 0.25) is 0 Å². The SMILES string of the molecule is CC(O)(P(=O)(O)O)P(=O)(O)O.[H-].[H-].[H-].[H-].[K+].[K+].[K+].[K+]. The molecule has 0 saturated heterocycles. The Kier molecular flexibility index (Phi) is 29.6. The number of hydrogen-bond acceptors (Lipinski definition) is 3. The third kappa shape index (κ3) is 12.0. The van der Waals surface area contributed by atoms with E-state index in [2.05, 4.69) is 0 Å². The molecule has 0 aromatic rings. The predicted octanol–water partition coefficient (Wildman–Crippen LogP) is -12.5. The van der Waals surface area contributed by atoms with Crippen LogP contribution in [0.5, 0.6) is 0 Å². The molecule has 0 aliphatic carbocycles. The van der Waals surface area contributed by atoms with E-state index in [-0.39, 0.29) is 211 Å². The molecule has 0 heterocycles. The van der Waals surface area contributed by atoms with E-state index in [1.807, 2.05) is 0 Å². The van der Waals surface area contributed by atoms with E-state index in [4.69, 9.17) is 24.7 Å². The molecule has 0 atom stereocenters. The monoisotopic (exact) mass is 366 g/mol. The molecular formula is C2H12K4O7P2. The number of hydrogen-bond donors (Lipinski definition) is 5. The van der Waals surface area contributed by atoms with Crippen LogP contribution in [0, 0.1) is 0 Å². The third-order valence-electron chi connectivity index (χ3n) is 1.10. The molecule has 0 fully saturated rings. The summed E-state index contributed by atoms with van der Waals surface area (Å²) in [5, 5.41) is 5.37. The molecule has 13 heteroatoms. The second-order valence-corrected chi connectivity index (χ2v) is 6.33. The molecule has 0 saturated carbocycles. The van der Waals surface area contributed by atoms with Gasteiger partial charge in [0, 0.05) is 0 Å². The zero-order valence-corrected chi connectivity index (χ0v) is 23.7. The van der Waals surface area contributed by atoms with Gasteiger partial charge in [0.15, 0.2) is 0 Å². The molecule has 76 valence electrons. The van der Waals surface area contributed by atoms with Crippen molar-refractivity contribution in [1.82, 2.24) is 0 Å². The summed E-state index contributed by atoms with van der Waals surface area (Å²) in [7, 11) is -10.4. The summed E-state index contributed by atoms with van der Waals surface area (Å²) in [6, 6.07) is 0. The maximum absolute atomic E-state index is 10.3. The van der Waals surface area contributed by atoms with Gasteiger partial charge >= 0.3 is 221 Å². The van der Waals surface area contributed by atoms with Crippen molar-refractivity contribution in [3.8, 4) is 0 Å². The van der Waals surface area contributed by atoms with Crippen molar-refractivity contribution >= 4 is 15.2 Å². The van der Waals surface area contributed by atoms with Crippen molar-refractivity contribution < 1.29 is 245 Å². The molecule has 5 N–H and O–H groups in total. The smallest absolute Gasteiger partial charge is 1.00 e. The zero-order valence-electron chi connectivity index (χ0n) is 13.4. The first kappa shape index (κ1) is 33.4. The average molecular weight is 366 g/mol. The summed E-state index contributed by atoms with van der Waals surface area (Å²) in [4.78, 5) is 33.0. The maximum atomic E-state index is 10.3. The van der Waals surface area contributed by atoms with Gasteiger partial charge in [0.25, 0.3) is 5.08 Å². The van der Waals surface area contributed by atoms with E-state index < -0.39 is 20.3 Å². The zero-order chi connectivity index (χ0) is 9.50. The summed E-state index contributed by atoms with van der Waals surface area (Å²) in [5.41, 5.74) is 0. The van der Waals surface area contributed by atoms with Gasteiger partial charge in [-0.3, -0.25) is 9.13 Å². The molecule has 0 aliphatic heterocycles. The molecule has 0 unspecified atom stereocenters. The molecule has 0 bridgehead atoms. The minimum absolute atomic E-state index is 0. The Labute approximate surface area is 264 Å². The van der Waals surface area contributed by atoms with Crippen LogP contribution in [-0.2, 0) is 9.13 Å². The van der Waals surface area contributed by atoms with E-state index >= 15 is 0 Å². The average Bonchev–Trinajstić information content (AvgIpc) is 1.58. The first-order valence-corrected chi connectivity index (χ1v) is 5.56. The Hall–Kier alpha value is 6.81. The quantitative estimate of drug-likeness (QED) is 0.242. The van der Waals surface area contributed by atoms with E-state index in [0.717, 1.165) is 0 Å². The summed E-state index contributed by atoms with van der Waals surface area (Å²) in [6.07, 6.45) is 0. The molecule has 0 spiro atoms. The van der Waals surface area contributed by atoms with Crippen LogP contribution in [0.1, 0.15) is 12.6 Å². The van der Waals surface area contributed by atoms with Crippen LogP contribution in [0.4, 0.5) is 0 Å². The van der Waals surface area contributed by atoms with Crippen LogP contribution in [0.15, 0.2) is 0 Å². The van der Waals surface area contributed by atoms with Crippen LogP contribution < -0.4 is 206 Å². The van der Waals surface area contributed by atoms with E-state index in [1.54, 1.807) is 0 Å². The number of rotatable bonds is 2. The largest absolute Gasteiger partial charge is 1.00 e. The van der Waals surface area contributed by atoms with Crippen molar-refractivity contribution in [3.05, 3.63) is 0 Å². The minimum atomic E-state index is -5.20. The van der Waals surface area contributed by atoms with Gasteiger partial charge in [0.05, 0.1) is 0 Å². The second kappa shape index (κ2) is 13.3. The van der Waals surface area contributed by atoms with Gasteiger partial charge in [-0.2, -0.15) is 0 Å². The Bertz CT molecular complexity index is 233. The van der Waals surface area contributed by atoms with Crippen LogP contribution in [-0.4, -0.2) is 29.8 Å². The Morgan fingerprint density at radius 3 is 1.00 bits per heavy atom. The summed E-state index contributed by atoms with van der Waals surface area (Å²) >= 11 is 0. The van der Waals surface area contributed by atoms with Gasteiger partial charge in [0.1, 0.15) is 0 Å². The molecule has 7 nitrogen and oxygen atoms in total. The van der Waals surface area contributed by atoms with Crippen molar-refractivity contribution in [3.63, 3.8) is 0 Å². The molecule has 0 amide bonds. The van der Waals surface area contributed by atoms with Crippen LogP contribution >= 0.6 is 15.2 Å². The van der Waals surface area contributed by atoms with Crippen molar-refractivity contribution in [1.29, 1.82) is 0 Å². The summed E-state index contributed by atoms with van der Waals surface area (Å²) in [5.74, 6) is 0. The van der Waals surface area contributed by atoms with Crippen LogP contribution in [0.2, 0.25) is 0 Å². The molecule has 0 radical (unpaired) electrons. The summed E-state index contributed by atoms with van der Waals surface area (Å²) < 4.78 is 20.5. The second-order valence-electron chi connectivity index (χ2n) is 2.06. The molecule has 15 heavy (non-hydrogen) atoms. The van der Waals surface area contributed by atoms with Gasteiger partial charge in [-0.25, -0.2) is 0 Å². The first-order chi connectivity index (χ1) is 4.50. The summed E-state index contributed by atoms with van der Waals surface area (Å²) in [6.45, 7) is 0.383. The van der Waals surface area contributed by atoms with Crippen molar-refractivity contribution in [2.45, 2.75) is 12.0 Å². The molecule has 0 rings (SSSR count). The Morgan fingerprint density at radius 2 is 1.00 bits per heavy atom. The predicted molar refractivity (Wildman–Crippen MR) is 39.2 cm³/mol. The van der Waals surface area contributed by atoms with E-state index in [9.17, 15) is 9.13 Å². The molecular weight excluding hydrogens is 354 g/mol. The topological polar surface area (TPSA) is 135 Å². The van der Waals surface area contributed by atoms with Gasteiger partial charge in [-0.05, 0) is 6.92 Å². The maximum Gasteiger partial charge on any atom is 1.00 e. The fourth-order valence-electron chi connectivity index (χ4n) is 0.170. The van der Waals surface area contributed by atoms with Gasteiger partial charge in [-0.15, -0.1) is 0 Å². The fraction of sp³-hybridized carbons (Fsp3) is 1.00. The molecule has 0 aromatic carbocycles. The van der Waals surface area contributed by atoms with E-state index in [0.29, 0.717) is 6.92 Å². The first-order valence-electron chi connectivity index (χ1n) is 2.34. The Balaban J connectivity index is -0.0000000179. The third-order valence-corrected chi connectivity index (χ3v) is 4.87. The Morgan fingerprint density at radius 1 is 0.867 bits per heavy atom. The van der Waals surface area contributed by atoms with Crippen molar-refractivity contribution in [2.24, 2.45) is 0 Å². The van der Waals surface area contributed by atoms with Crippen molar-refractivity contribution in [2.75, 3.05) is 0 Å². The van der Waals surface area contributed by atoms with Gasteiger partial charge in [-0.1, -0.05) is 0 Å². The molecule has 0 aliphatic rings. The number of aliphatic hydroxyl groups is 1. The van der Waals surface area contributed by atoms with E-state index in [1.165, 1.54) is 0 Å². The van der Waals surface area contributed by atoms with Crippen LogP contribution in [0.3, 0.4) is 0 Å². The normalized spacial score (nSPS) is 11.1.